The number of hydrogen-bond acceptors (Lipinski definition) is 4. The molecule has 23 heavy (non-hydrogen) atoms. The van der Waals surface area contributed by atoms with Crippen molar-refractivity contribution >= 4 is 42.4 Å². The van der Waals surface area contributed by atoms with Crippen LogP contribution in [-0.2, 0) is 10.0 Å². The van der Waals surface area contributed by atoms with Gasteiger partial charge in [-0.2, -0.15) is 0 Å². The molecule has 0 aliphatic heterocycles. The zero-order valence-electron chi connectivity index (χ0n) is 12.2. The van der Waals surface area contributed by atoms with Gasteiger partial charge in [-0.3, -0.25) is 0 Å². The Morgan fingerprint density at radius 3 is 2.52 bits per heavy atom. The summed E-state index contributed by atoms with van der Waals surface area (Å²) in [5.74, 6) is -0.311. The average Bonchev–Trinajstić information content (AvgIpc) is 2.46. The maximum atomic E-state index is 12.1. The summed E-state index contributed by atoms with van der Waals surface area (Å²) in [5.41, 5.74) is 1.83. The van der Waals surface area contributed by atoms with Crippen LogP contribution in [-0.4, -0.2) is 35.1 Å². The summed E-state index contributed by atoms with van der Waals surface area (Å²) in [4.78, 5) is 16.2. The van der Waals surface area contributed by atoms with E-state index in [9.17, 15) is 13.2 Å². The number of aliphatic imine (C=N–C) groups is 1. The number of sulfonamides is 1. The van der Waals surface area contributed by atoms with E-state index in [1.54, 1.807) is 24.3 Å². The average molecular weight is 395 g/mol. The normalized spacial score (nSPS) is 12.0. The van der Waals surface area contributed by atoms with Crippen LogP contribution in [0.5, 0.6) is 0 Å². The molecule has 0 unspecified atom stereocenters. The van der Waals surface area contributed by atoms with E-state index in [1.165, 1.54) is 18.2 Å². The Morgan fingerprint density at radius 2 is 1.87 bits per heavy atom. The summed E-state index contributed by atoms with van der Waals surface area (Å²) in [6.07, 6.45) is 0. The molecule has 0 aliphatic carbocycles. The molecule has 0 heterocycles. The number of hydrogen-bond donors (Lipinski definition) is 2. The number of aryl methyl sites for hydroxylation is 1. The second-order valence-corrected chi connectivity index (χ2v) is 7.16. The van der Waals surface area contributed by atoms with Crippen LogP contribution in [0.3, 0.4) is 0 Å². The van der Waals surface area contributed by atoms with Crippen LogP contribution >= 0.6 is 0 Å². The van der Waals surface area contributed by atoms with Gasteiger partial charge in [0.1, 0.15) is 0 Å². The molecule has 1 amide bonds. The van der Waals surface area contributed by atoms with Crippen molar-refractivity contribution in [2.75, 3.05) is 0 Å². The molecule has 0 fully saturated rings. The third-order valence-electron chi connectivity index (χ3n) is 2.88. The summed E-state index contributed by atoms with van der Waals surface area (Å²) < 4.78 is 22.9. The van der Waals surface area contributed by atoms with E-state index in [-0.39, 0.29) is 15.5 Å². The van der Waals surface area contributed by atoms with Crippen molar-refractivity contribution in [3.63, 3.8) is 0 Å². The third kappa shape index (κ3) is 5.01. The quantitative estimate of drug-likeness (QED) is 0.464. The fourth-order valence-electron chi connectivity index (χ4n) is 1.83. The first-order chi connectivity index (χ1) is 10.8. The van der Waals surface area contributed by atoms with E-state index < -0.39 is 10.0 Å². The number of rotatable bonds is 3. The first kappa shape index (κ1) is 17.4. The van der Waals surface area contributed by atoms with Gasteiger partial charge in [-0.25, -0.2) is 0 Å². The summed E-state index contributed by atoms with van der Waals surface area (Å²) in [7, 11) is -3.80. The van der Waals surface area contributed by atoms with E-state index in [1.807, 2.05) is 13.0 Å². The van der Waals surface area contributed by atoms with Crippen LogP contribution in [0.15, 0.2) is 58.4 Å². The minimum atomic E-state index is -3.80. The molecule has 0 aromatic heterocycles. The number of nitrogens with one attached hydrogen (secondary N) is 1. The predicted octanol–water partition coefficient (Wildman–Crippen LogP) is 1.23. The Kier molecular flexibility index (Phi) is 5.33. The molecule has 8 heteroatoms. The van der Waals surface area contributed by atoms with Crippen molar-refractivity contribution in [3.05, 3.63) is 59.7 Å². The van der Waals surface area contributed by atoms with E-state index in [4.69, 9.17) is 5.14 Å². The van der Waals surface area contributed by atoms with Gasteiger partial charge in [-0.05, 0) is 0 Å². The molecule has 3 N–H and O–H groups in total. The fourth-order valence-corrected chi connectivity index (χ4v) is 2.80. The summed E-state index contributed by atoms with van der Waals surface area (Å²) in [5, 5.41) is 7.68. The van der Waals surface area contributed by atoms with Gasteiger partial charge in [0.2, 0.25) is 0 Å². The van der Waals surface area contributed by atoms with Gasteiger partial charge in [-0.1, -0.05) is 0 Å². The van der Waals surface area contributed by atoms with Crippen LogP contribution < -0.4 is 10.5 Å². The molecule has 0 aliphatic rings. The molecule has 2 rings (SSSR count). The molecule has 0 saturated carbocycles. The number of amidine groups is 1. The van der Waals surface area contributed by atoms with Crippen LogP contribution in [0.25, 0.3) is 0 Å². The molecule has 2 aromatic rings. The molecular formula is C15H14N3O3SSe. The topological polar surface area (TPSA) is 102 Å². The SMILES string of the molecule is Cc1cccc(C(=O)NC([Se])=Nc2cccc(S(N)(=O)=O)c2)c1. The maximum absolute atomic E-state index is 12.1. The Bertz CT molecular complexity index is 879. The summed E-state index contributed by atoms with van der Waals surface area (Å²) in [6, 6.07) is 12.9. The number of carbonyl (C=O) groups is 1. The number of amides is 1. The van der Waals surface area contributed by atoms with Crippen molar-refractivity contribution < 1.29 is 13.2 Å². The number of nitrogens with zero attached hydrogens (tertiary/aromatic N) is 1. The van der Waals surface area contributed by atoms with E-state index in [0.717, 1.165) is 5.56 Å². The van der Waals surface area contributed by atoms with E-state index in [0.29, 0.717) is 11.3 Å². The monoisotopic (exact) mass is 396 g/mol. The summed E-state index contributed by atoms with van der Waals surface area (Å²) >= 11 is 2.64. The zero-order valence-corrected chi connectivity index (χ0v) is 14.7. The molecule has 119 valence electrons. The first-order valence-electron chi connectivity index (χ1n) is 6.52. The van der Waals surface area contributed by atoms with Gasteiger partial charge in [-0.15, -0.1) is 0 Å². The zero-order chi connectivity index (χ0) is 17.0. The van der Waals surface area contributed by atoms with Crippen molar-refractivity contribution in [3.8, 4) is 0 Å². The molecule has 0 bridgehead atoms. The molecule has 2 aromatic carbocycles. The number of benzene rings is 2. The molecule has 0 atom stereocenters. The fraction of sp³-hybridized carbons (Fsp3) is 0.0667. The van der Waals surface area contributed by atoms with Crippen molar-refractivity contribution in [2.24, 2.45) is 10.1 Å². The molecule has 6 nitrogen and oxygen atoms in total. The predicted molar refractivity (Wildman–Crippen MR) is 89.3 cm³/mol. The van der Waals surface area contributed by atoms with Crippen LogP contribution in [0, 0.1) is 6.92 Å². The first-order valence-corrected chi connectivity index (χ1v) is 8.92. The standard InChI is InChI=1S/C15H14N3O3SSe/c1-10-4-2-5-11(8-10)14(19)18-15(23)17-12-6-3-7-13(9-12)22(16,20)21/h2-9H,1H3,(H2,16,20,21)(H,17,18,19). The van der Waals surface area contributed by atoms with Crippen molar-refractivity contribution in [2.45, 2.75) is 11.8 Å². The van der Waals surface area contributed by atoms with Crippen molar-refractivity contribution in [1.82, 2.24) is 5.32 Å². The van der Waals surface area contributed by atoms with Gasteiger partial charge < -0.3 is 0 Å². The van der Waals surface area contributed by atoms with Crippen LogP contribution in [0.2, 0.25) is 0 Å². The van der Waals surface area contributed by atoms with E-state index >= 15 is 0 Å². The Balaban J connectivity index is 2.19. The van der Waals surface area contributed by atoms with Crippen molar-refractivity contribution in [1.29, 1.82) is 0 Å². The molecule has 0 spiro atoms. The molecule has 0 saturated heterocycles. The Labute approximate surface area is 142 Å². The van der Waals surface area contributed by atoms with E-state index in [2.05, 4.69) is 26.3 Å². The number of nitrogens with two attached hydrogens (primary N) is 1. The Morgan fingerprint density at radius 1 is 1.17 bits per heavy atom. The van der Waals surface area contributed by atoms with Gasteiger partial charge in [0.05, 0.1) is 0 Å². The number of carbonyl (C=O) groups excluding carboxylic acids is 1. The van der Waals surface area contributed by atoms with Gasteiger partial charge in [0.15, 0.2) is 0 Å². The third-order valence-corrected chi connectivity index (χ3v) is 4.19. The van der Waals surface area contributed by atoms with Gasteiger partial charge in [0.25, 0.3) is 0 Å². The van der Waals surface area contributed by atoms with Gasteiger partial charge in [0, 0.05) is 0 Å². The second kappa shape index (κ2) is 7.06. The van der Waals surface area contributed by atoms with Gasteiger partial charge >= 0.3 is 143 Å². The second-order valence-electron chi connectivity index (χ2n) is 4.78. The Hall–Kier alpha value is -1.99. The molecule has 1 radical (unpaired) electrons. The minimum absolute atomic E-state index is 0.0449. The van der Waals surface area contributed by atoms with Crippen LogP contribution in [0.4, 0.5) is 5.69 Å². The number of primary sulfonamides is 1. The summed E-state index contributed by atoms with van der Waals surface area (Å²) in [6.45, 7) is 1.89. The molecular weight excluding hydrogens is 381 g/mol. The van der Waals surface area contributed by atoms with Crippen LogP contribution in [0.1, 0.15) is 15.9 Å².